The molecule has 1 aromatic carbocycles. The standard InChI is InChI=1S/C23H26N4O/c1-15(19-7-5-6-17-11-23(3,4)28-22(17)19)12-25-21-10-20(26-14-27-21)18-9-8-16(2)24-13-18/h5-10,13-15H,11-12H2,1-4H3,(H,25,26,27). The van der Waals surface area contributed by atoms with E-state index in [1.807, 2.05) is 31.3 Å². The predicted molar refractivity (Wildman–Crippen MR) is 112 cm³/mol. The molecule has 5 nitrogen and oxygen atoms in total. The Bertz CT molecular complexity index is 982. The molecule has 0 spiro atoms. The van der Waals surface area contributed by atoms with Gasteiger partial charge in [-0.15, -0.1) is 0 Å². The van der Waals surface area contributed by atoms with E-state index < -0.39 is 0 Å². The lowest BCUT2D eigenvalue weighted by atomic mass is 9.95. The minimum absolute atomic E-state index is 0.130. The molecule has 0 saturated heterocycles. The van der Waals surface area contributed by atoms with Gasteiger partial charge in [0.15, 0.2) is 0 Å². The summed E-state index contributed by atoms with van der Waals surface area (Å²) in [5.41, 5.74) is 5.25. The van der Waals surface area contributed by atoms with Crippen LogP contribution in [0.2, 0.25) is 0 Å². The fourth-order valence-corrected chi connectivity index (χ4v) is 3.63. The molecule has 0 bridgehead atoms. The summed E-state index contributed by atoms with van der Waals surface area (Å²) in [5.74, 6) is 2.16. The van der Waals surface area contributed by atoms with Crippen LogP contribution in [-0.2, 0) is 6.42 Å². The minimum Gasteiger partial charge on any atom is -0.487 e. The summed E-state index contributed by atoms with van der Waals surface area (Å²) in [6.07, 6.45) is 4.39. The highest BCUT2D eigenvalue weighted by molar-refractivity contribution is 5.61. The third-order valence-corrected chi connectivity index (χ3v) is 5.12. The molecule has 1 atom stereocenters. The molecule has 3 aromatic rings. The molecule has 0 aliphatic carbocycles. The molecule has 5 heteroatoms. The summed E-state index contributed by atoms with van der Waals surface area (Å²) in [4.78, 5) is 13.1. The summed E-state index contributed by atoms with van der Waals surface area (Å²) in [6.45, 7) is 9.24. The minimum atomic E-state index is -0.130. The Labute approximate surface area is 166 Å². The number of aryl methyl sites for hydroxylation is 1. The maximum Gasteiger partial charge on any atom is 0.129 e. The molecule has 3 heterocycles. The molecule has 4 rings (SSSR count). The Morgan fingerprint density at radius 1 is 1.14 bits per heavy atom. The Morgan fingerprint density at radius 3 is 2.79 bits per heavy atom. The first-order valence-electron chi connectivity index (χ1n) is 9.71. The largest absolute Gasteiger partial charge is 0.487 e. The van der Waals surface area contributed by atoms with Crippen molar-refractivity contribution in [2.45, 2.75) is 45.6 Å². The zero-order valence-corrected chi connectivity index (χ0v) is 16.9. The second kappa shape index (κ2) is 7.23. The summed E-state index contributed by atoms with van der Waals surface area (Å²) >= 11 is 0. The smallest absolute Gasteiger partial charge is 0.129 e. The van der Waals surface area contributed by atoms with E-state index in [2.05, 4.69) is 59.2 Å². The first-order valence-corrected chi connectivity index (χ1v) is 9.71. The van der Waals surface area contributed by atoms with Gasteiger partial charge in [-0.05, 0) is 44.0 Å². The third kappa shape index (κ3) is 3.84. The van der Waals surface area contributed by atoms with Crippen LogP contribution in [0.15, 0.2) is 48.9 Å². The van der Waals surface area contributed by atoms with Crippen molar-refractivity contribution in [3.63, 3.8) is 0 Å². The van der Waals surface area contributed by atoms with Gasteiger partial charge in [-0.1, -0.05) is 25.1 Å². The highest BCUT2D eigenvalue weighted by atomic mass is 16.5. The molecule has 0 saturated carbocycles. The molecule has 1 unspecified atom stereocenters. The number of nitrogens with zero attached hydrogens (tertiary/aromatic N) is 3. The van der Waals surface area contributed by atoms with E-state index in [9.17, 15) is 0 Å². The average Bonchev–Trinajstić information content (AvgIpc) is 3.00. The van der Waals surface area contributed by atoms with Gasteiger partial charge in [0.2, 0.25) is 0 Å². The molecule has 0 radical (unpaired) electrons. The summed E-state index contributed by atoms with van der Waals surface area (Å²) in [6, 6.07) is 12.4. The maximum absolute atomic E-state index is 6.22. The molecule has 1 aliphatic heterocycles. The van der Waals surface area contributed by atoms with Crippen molar-refractivity contribution < 1.29 is 4.74 Å². The number of benzene rings is 1. The van der Waals surface area contributed by atoms with E-state index >= 15 is 0 Å². The van der Waals surface area contributed by atoms with Crippen LogP contribution in [0, 0.1) is 6.92 Å². The van der Waals surface area contributed by atoms with Gasteiger partial charge in [-0.2, -0.15) is 0 Å². The second-order valence-corrected chi connectivity index (χ2v) is 8.13. The molecule has 2 aromatic heterocycles. The van der Waals surface area contributed by atoms with Crippen LogP contribution in [0.3, 0.4) is 0 Å². The number of anilines is 1. The number of hydrogen-bond acceptors (Lipinski definition) is 5. The first-order chi connectivity index (χ1) is 13.4. The highest BCUT2D eigenvalue weighted by Gasteiger charge is 2.32. The average molecular weight is 374 g/mol. The molecule has 144 valence electrons. The van der Waals surface area contributed by atoms with Crippen LogP contribution in [0.5, 0.6) is 5.75 Å². The Hall–Kier alpha value is -2.95. The normalized spacial score (nSPS) is 15.6. The van der Waals surface area contributed by atoms with Crippen molar-refractivity contribution in [1.82, 2.24) is 15.0 Å². The van der Waals surface area contributed by atoms with Gasteiger partial charge in [0.05, 0.1) is 5.69 Å². The Morgan fingerprint density at radius 2 is 2.00 bits per heavy atom. The van der Waals surface area contributed by atoms with E-state index in [0.717, 1.165) is 41.5 Å². The number of hydrogen-bond donors (Lipinski definition) is 1. The van der Waals surface area contributed by atoms with Crippen molar-refractivity contribution in [1.29, 1.82) is 0 Å². The summed E-state index contributed by atoms with van der Waals surface area (Å²) < 4.78 is 6.22. The lowest BCUT2D eigenvalue weighted by Crippen LogP contribution is -2.25. The third-order valence-electron chi connectivity index (χ3n) is 5.12. The van der Waals surface area contributed by atoms with Crippen molar-refractivity contribution in [3.8, 4) is 17.0 Å². The number of aromatic nitrogens is 3. The number of nitrogens with one attached hydrogen (secondary N) is 1. The van der Waals surface area contributed by atoms with Crippen LogP contribution in [0.4, 0.5) is 5.82 Å². The zero-order valence-electron chi connectivity index (χ0n) is 16.9. The van der Waals surface area contributed by atoms with E-state index in [4.69, 9.17) is 4.74 Å². The molecular formula is C23H26N4O. The maximum atomic E-state index is 6.22. The lowest BCUT2D eigenvalue weighted by molar-refractivity contribution is 0.137. The van der Waals surface area contributed by atoms with Crippen LogP contribution in [0.1, 0.15) is 43.5 Å². The van der Waals surface area contributed by atoms with Gasteiger partial charge in [-0.3, -0.25) is 4.98 Å². The molecule has 28 heavy (non-hydrogen) atoms. The van der Waals surface area contributed by atoms with Crippen LogP contribution in [0.25, 0.3) is 11.3 Å². The number of fused-ring (bicyclic) bond motifs is 1. The van der Waals surface area contributed by atoms with Gasteiger partial charge in [-0.25, -0.2) is 9.97 Å². The quantitative estimate of drug-likeness (QED) is 0.697. The topological polar surface area (TPSA) is 59.9 Å². The van der Waals surface area contributed by atoms with Crippen LogP contribution in [-0.4, -0.2) is 27.1 Å². The summed E-state index contributed by atoms with van der Waals surface area (Å²) in [7, 11) is 0. The van der Waals surface area contributed by atoms with Crippen LogP contribution < -0.4 is 10.1 Å². The van der Waals surface area contributed by atoms with E-state index in [0.29, 0.717) is 5.92 Å². The molecule has 1 aliphatic rings. The van der Waals surface area contributed by atoms with Crippen molar-refractivity contribution in [2.75, 3.05) is 11.9 Å². The van der Waals surface area contributed by atoms with Crippen molar-refractivity contribution in [2.24, 2.45) is 0 Å². The monoisotopic (exact) mass is 374 g/mol. The van der Waals surface area contributed by atoms with E-state index in [1.54, 1.807) is 6.33 Å². The fourth-order valence-electron chi connectivity index (χ4n) is 3.63. The number of para-hydroxylation sites is 1. The Balaban J connectivity index is 1.48. The highest BCUT2D eigenvalue weighted by Crippen LogP contribution is 2.40. The SMILES string of the molecule is Cc1ccc(-c2cc(NCC(C)c3cccc4c3OC(C)(C)C4)ncn2)cn1. The van der Waals surface area contributed by atoms with Gasteiger partial charge in [0.1, 0.15) is 23.5 Å². The van der Waals surface area contributed by atoms with E-state index in [-0.39, 0.29) is 5.60 Å². The van der Waals surface area contributed by atoms with E-state index in [1.165, 1.54) is 11.1 Å². The molecule has 0 amide bonds. The Kier molecular flexibility index (Phi) is 4.75. The van der Waals surface area contributed by atoms with Crippen molar-refractivity contribution in [3.05, 3.63) is 65.7 Å². The van der Waals surface area contributed by atoms with Gasteiger partial charge in [0, 0.05) is 42.4 Å². The first kappa shape index (κ1) is 18.4. The number of ether oxygens (including phenoxy) is 1. The summed E-state index contributed by atoms with van der Waals surface area (Å²) in [5, 5.41) is 3.45. The fraction of sp³-hybridized carbons (Fsp3) is 0.348. The van der Waals surface area contributed by atoms with Gasteiger partial charge < -0.3 is 10.1 Å². The number of rotatable bonds is 5. The molecule has 1 N–H and O–H groups in total. The molecule has 0 fully saturated rings. The lowest BCUT2D eigenvalue weighted by Gasteiger charge is -2.20. The number of pyridine rings is 1. The zero-order chi connectivity index (χ0) is 19.7. The molecular weight excluding hydrogens is 348 g/mol. The predicted octanol–water partition coefficient (Wildman–Crippen LogP) is 4.78. The van der Waals surface area contributed by atoms with Crippen LogP contribution >= 0.6 is 0 Å². The van der Waals surface area contributed by atoms with Gasteiger partial charge >= 0.3 is 0 Å². The second-order valence-electron chi connectivity index (χ2n) is 8.13. The van der Waals surface area contributed by atoms with Gasteiger partial charge in [0.25, 0.3) is 0 Å². The van der Waals surface area contributed by atoms with Crippen molar-refractivity contribution >= 4 is 5.82 Å².